The lowest BCUT2D eigenvalue weighted by atomic mass is 10.0. The lowest BCUT2D eigenvalue weighted by Gasteiger charge is -2.20. The summed E-state index contributed by atoms with van der Waals surface area (Å²) in [5, 5.41) is 12.1. The summed E-state index contributed by atoms with van der Waals surface area (Å²) in [6, 6.07) is 17.5. The van der Waals surface area contributed by atoms with Crippen molar-refractivity contribution in [3.8, 4) is 0 Å². The molecule has 0 bridgehead atoms. The molecule has 0 aliphatic carbocycles. The minimum Gasteiger partial charge on any atom is -0.382 e. The number of fused-ring (bicyclic) bond motifs is 3. The van der Waals surface area contributed by atoms with E-state index in [2.05, 4.69) is 59.2 Å². The van der Waals surface area contributed by atoms with Crippen LogP contribution in [0.4, 0.5) is 11.4 Å². The maximum atomic E-state index is 3.44. The van der Waals surface area contributed by atoms with Crippen molar-refractivity contribution in [2.75, 3.05) is 23.7 Å². The van der Waals surface area contributed by atoms with Gasteiger partial charge in [0.15, 0.2) is 0 Å². The van der Waals surface area contributed by atoms with E-state index in [0.717, 1.165) is 13.1 Å². The molecule has 1 aliphatic heterocycles. The first-order valence-corrected chi connectivity index (χ1v) is 6.34. The van der Waals surface area contributed by atoms with Gasteiger partial charge in [0.05, 0.1) is 11.4 Å². The van der Waals surface area contributed by atoms with Crippen LogP contribution in [0.3, 0.4) is 0 Å². The van der Waals surface area contributed by atoms with Crippen LogP contribution >= 0.6 is 0 Å². The van der Waals surface area contributed by atoms with Gasteiger partial charge in [-0.15, -0.1) is 0 Å². The van der Waals surface area contributed by atoms with Gasteiger partial charge in [0.25, 0.3) is 0 Å². The van der Waals surface area contributed by atoms with Crippen molar-refractivity contribution < 1.29 is 0 Å². The van der Waals surface area contributed by atoms with Crippen LogP contribution in [0.25, 0.3) is 21.5 Å². The fourth-order valence-electron chi connectivity index (χ4n) is 2.68. The molecule has 3 aromatic rings. The van der Waals surface area contributed by atoms with Crippen LogP contribution in [0, 0.1) is 0 Å². The predicted molar refractivity (Wildman–Crippen MR) is 78.4 cm³/mol. The van der Waals surface area contributed by atoms with Gasteiger partial charge in [0.1, 0.15) is 0 Å². The van der Waals surface area contributed by atoms with Crippen molar-refractivity contribution in [1.82, 2.24) is 0 Å². The van der Waals surface area contributed by atoms with Crippen molar-refractivity contribution in [3.05, 3.63) is 48.5 Å². The van der Waals surface area contributed by atoms with E-state index in [-0.39, 0.29) is 0 Å². The highest BCUT2D eigenvalue weighted by Gasteiger charge is 2.09. The third kappa shape index (κ3) is 1.42. The van der Waals surface area contributed by atoms with E-state index in [1.165, 1.54) is 32.9 Å². The van der Waals surface area contributed by atoms with E-state index in [4.69, 9.17) is 0 Å². The summed E-state index contributed by atoms with van der Waals surface area (Å²) in [7, 11) is 0. The van der Waals surface area contributed by atoms with Gasteiger partial charge in [-0.3, -0.25) is 0 Å². The van der Waals surface area contributed by atoms with Crippen LogP contribution in [0.2, 0.25) is 0 Å². The van der Waals surface area contributed by atoms with Gasteiger partial charge in [-0.25, -0.2) is 0 Å². The predicted octanol–water partition coefficient (Wildman–Crippen LogP) is 3.83. The highest BCUT2D eigenvalue weighted by atomic mass is 15.0. The van der Waals surface area contributed by atoms with Crippen molar-refractivity contribution in [2.45, 2.75) is 0 Å². The number of hydrogen-bond acceptors (Lipinski definition) is 2. The minimum atomic E-state index is 0.992. The molecule has 0 saturated heterocycles. The van der Waals surface area contributed by atoms with E-state index in [9.17, 15) is 0 Å². The summed E-state index contributed by atoms with van der Waals surface area (Å²) in [5.74, 6) is 0. The van der Waals surface area contributed by atoms with Gasteiger partial charge < -0.3 is 10.6 Å². The second-order valence-electron chi connectivity index (χ2n) is 4.80. The molecule has 0 unspecified atom stereocenters. The zero-order valence-corrected chi connectivity index (χ0v) is 10.0. The highest BCUT2D eigenvalue weighted by Crippen LogP contribution is 2.32. The molecule has 3 aromatic carbocycles. The van der Waals surface area contributed by atoms with E-state index < -0.39 is 0 Å². The molecule has 2 N–H and O–H groups in total. The van der Waals surface area contributed by atoms with E-state index in [1.54, 1.807) is 0 Å². The first kappa shape index (κ1) is 9.77. The van der Waals surface area contributed by atoms with Crippen LogP contribution in [-0.2, 0) is 0 Å². The van der Waals surface area contributed by atoms with Gasteiger partial charge in [-0.05, 0) is 45.8 Å². The number of benzene rings is 3. The Morgan fingerprint density at radius 2 is 1.11 bits per heavy atom. The monoisotopic (exact) mass is 234 g/mol. The Morgan fingerprint density at radius 3 is 1.61 bits per heavy atom. The maximum Gasteiger partial charge on any atom is 0.0583 e. The Labute approximate surface area is 106 Å². The average Bonchev–Trinajstić information content (AvgIpc) is 2.42. The summed E-state index contributed by atoms with van der Waals surface area (Å²) in [4.78, 5) is 0. The number of hydrogen-bond donors (Lipinski definition) is 2. The Kier molecular flexibility index (Phi) is 1.97. The highest BCUT2D eigenvalue weighted by molar-refractivity contribution is 6.01. The molecule has 1 aliphatic rings. The number of anilines is 2. The molecule has 0 atom stereocenters. The zero-order chi connectivity index (χ0) is 11.9. The maximum absolute atomic E-state index is 3.44. The van der Waals surface area contributed by atoms with Crippen molar-refractivity contribution in [1.29, 1.82) is 0 Å². The molecule has 0 radical (unpaired) electrons. The first-order valence-electron chi connectivity index (χ1n) is 6.34. The lowest BCUT2D eigenvalue weighted by molar-refractivity contribution is 1.05. The molecule has 4 rings (SSSR count). The van der Waals surface area contributed by atoms with Crippen LogP contribution in [0.15, 0.2) is 48.5 Å². The molecule has 1 heterocycles. The van der Waals surface area contributed by atoms with Crippen LogP contribution < -0.4 is 10.6 Å². The Balaban J connectivity index is 2.05. The number of rotatable bonds is 0. The van der Waals surface area contributed by atoms with Crippen LogP contribution in [0.5, 0.6) is 0 Å². The molecule has 2 nitrogen and oxygen atoms in total. The van der Waals surface area contributed by atoms with Gasteiger partial charge in [-0.1, -0.05) is 24.3 Å². The summed E-state index contributed by atoms with van der Waals surface area (Å²) in [6.07, 6.45) is 0. The van der Waals surface area contributed by atoms with Crippen molar-refractivity contribution in [3.63, 3.8) is 0 Å². The fraction of sp³-hybridized carbons (Fsp3) is 0.125. The second-order valence-corrected chi connectivity index (χ2v) is 4.80. The van der Waals surface area contributed by atoms with E-state index >= 15 is 0 Å². The lowest BCUT2D eigenvalue weighted by Crippen LogP contribution is -2.20. The SMILES string of the molecule is c1ccc2cc3cc4c(cc3cc2c1)NCCN4. The first-order chi connectivity index (χ1) is 8.90. The minimum absolute atomic E-state index is 0.992. The smallest absolute Gasteiger partial charge is 0.0583 e. The third-order valence-corrected chi connectivity index (χ3v) is 3.60. The van der Waals surface area contributed by atoms with Crippen LogP contribution in [-0.4, -0.2) is 13.1 Å². The standard InChI is InChI=1S/C16H14N2/c1-2-4-12-8-14-10-16-15(17-5-6-18-16)9-13(14)7-11(12)3-1/h1-4,7-10,17-18H,5-6H2. The molecule has 88 valence electrons. The Morgan fingerprint density at radius 1 is 0.611 bits per heavy atom. The van der Waals surface area contributed by atoms with Crippen molar-refractivity contribution in [2.24, 2.45) is 0 Å². The van der Waals surface area contributed by atoms with Gasteiger partial charge in [0, 0.05) is 13.1 Å². The molecule has 0 amide bonds. The quantitative estimate of drug-likeness (QED) is 0.578. The normalized spacial score (nSPS) is 14.0. The molecule has 2 heteroatoms. The molecular weight excluding hydrogens is 220 g/mol. The topological polar surface area (TPSA) is 24.1 Å². The molecule has 0 spiro atoms. The Bertz CT molecular complexity index is 683. The van der Waals surface area contributed by atoms with Gasteiger partial charge in [-0.2, -0.15) is 0 Å². The second kappa shape index (κ2) is 3.64. The van der Waals surface area contributed by atoms with Crippen molar-refractivity contribution >= 4 is 32.9 Å². The average molecular weight is 234 g/mol. The molecular formula is C16H14N2. The van der Waals surface area contributed by atoms with E-state index in [0.29, 0.717) is 0 Å². The fourth-order valence-corrected chi connectivity index (χ4v) is 2.68. The van der Waals surface area contributed by atoms with Gasteiger partial charge in [0.2, 0.25) is 0 Å². The largest absolute Gasteiger partial charge is 0.382 e. The van der Waals surface area contributed by atoms with E-state index in [1.807, 2.05) is 0 Å². The summed E-state index contributed by atoms with van der Waals surface area (Å²) in [6.45, 7) is 1.98. The Hall–Kier alpha value is -2.22. The summed E-state index contributed by atoms with van der Waals surface area (Å²) >= 11 is 0. The summed E-state index contributed by atoms with van der Waals surface area (Å²) < 4.78 is 0. The van der Waals surface area contributed by atoms with Gasteiger partial charge >= 0.3 is 0 Å². The molecule has 0 saturated carbocycles. The zero-order valence-electron chi connectivity index (χ0n) is 10.0. The van der Waals surface area contributed by atoms with Crippen LogP contribution in [0.1, 0.15) is 0 Å². The third-order valence-electron chi connectivity index (χ3n) is 3.60. The summed E-state index contributed by atoms with van der Waals surface area (Å²) in [5.41, 5.74) is 2.42. The molecule has 18 heavy (non-hydrogen) atoms. The molecule has 0 fully saturated rings. The molecule has 0 aromatic heterocycles. The number of nitrogens with one attached hydrogen (secondary N) is 2.